The lowest BCUT2D eigenvalue weighted by molar-refractivity contribution is 0.0966. The van der Waals surface area contributed by atoms with Crippen LogP contribution in [-0.2, 0) is 6.54 Å². The van der Waals surface area contributed by atoms with E-state index in [-0.39, 0.29) is 11.5 Å². The third kappa shape index (κ3) is 2.41. The van der Waals surface area contributed by atoms with Crippen LogP contribution in [-0.4, -0.2) is 15.7 Å². The lowest BCUT2D eigenvalue weighted by Gasteiger charge is -2.10. The van der Waals surface area contributed by atoms with Crippen LogP contribution in [0.25, 0.3) is 22.3 Å². The number of fused-ring (bicyclic) bond motifs is 1. The Bertz CT molecular complexity index is 1050. The Morgan fingerprint density at radius 1 is 1.04 bits per heavy atom. The zero-order chi connectivity index (χ0) is 17.8. The van der Waals surface area contributed by atoms with Gasteiger partial charge in [-0.15, -0.1) is 0 Å². The predicted molar refractivity (Wildman–Crippen MR) is 92.5 cm³/mol. The molecule has 0 saturated heterocycles. The molecular weight excluding hydrogens is 336 g/mol. The number of amides is 1. The van der Waals surface area contributed by atoms with Gasteiger partial charge < -0.3 is 5.32 Å². The average Bonchev–Trinajstić information content (AvgIpc) is 3.24. The fraction of sp³-hybridized carbons (Fsp3) is 0.200. The smallest absolute Gasteiger partial charge is 0.251 e. The van der Waals surface area contributed by atoms with Crippen molar-refractivity contribution in [3.63, 3.8) is 0 Å². The second kappa shape index (κ2) is 5.49. The molecule has 1 aliphatic carbocycles. The number of benzene rings is 2. The minimum absolute atomic E-state index is 0.180. The molecule has 0 spiro atoms. The molecule has 1 fully saturated rings. The Morgan fingerprint density at radius 3 is 2.62 bits per heavy atom. The van der Waals surface area contributed by atoms with E-state index < -0.39 is 11.6 Å². The summed E-state index contributed by atoms with van der Waals surface area (Å²) < 4.78 is 29.5. The number of rotatable bonds is 3. The Balaban J connectivity index is 1.69. The molecule has 6 heteroatoms. The third-order valence-electron chi connectivity index (χ3n) is 5.00. The van der Waals surface area contributed by atoms with Gasteiger partial charge in [0.2, 0.25) is 0 Å². The summed E-state index contributed by atoms with van der Waals surface area (Å²) in [6.45, 7) is 0.435. The van der Waals surface area contributed by atoms with Crippen LogP contribution in [0.4, 0.5) is 8.78 Å². The second-order valence-electron chi connectivity index (χ2n) is 6.80. The predicted octanol–water partition coefficient (Wildman–Crippen LogP) is 4.07. The van der Waals surface area contributed by atoms with Crippen LogP contribution >= 0.6 is 0 Å². The topological polar surface area (TPSA) is 46.9 Å². The van der Waals surface area contributed by atoms with Gasteiger partial charge in [-0.05, 0) is 53.8 Å². The van der Waals surface area contributed by atoms with Gasteiger partial charge in [0, 0.05) is 35.5 Å². The normalized spacial score (nSPS) is 15.8. The van der Waals surface area contributed by atoms with Crippen molar-refractivity contribution in [1.29, 1.82) is 0 Å². The van der Waals surface area contributed by atoms with Gasteiger partial charge in [0.1, 0.15) is 11.6 Å². The van der Waals surface area contributed by atoms with Crippen molar-refractivity contribution in [2.75, 3.05) is 0 Å². The minimum Gasteiger partial charge on any atom is -0.348 e. The van der Waals surface area contributed by atoms with Crippen LogP contribution in [0.3, 0.4) is 0 Å². The van der Waals surface area contributed by atoms with Crippen molar-refractivity contribution in [2.24, 2.45) is 0 Å². The molecule has 1 saturated carbocycles. The first-order valence-electron chi connectivity index (χ1n) is 8.55. The molecule has 2 aromatic carbocycles. The maximum Gasteiger partial charge on any atom is 0.251 e. The molecule has 26 heavy (non-hydrogen) atoms. The largest absolute Gasteiger partial charge is 0.348 e. The molecule has 1 aliphatic heterocycles. The van der Waals surface area contributed by atoms with E-state index in [1.54, 1.807) is 12.3 Å². The molecule has 4 nitrogen and oxygen atoms in total. The van der Waals surface area contributed by atoms with E-state index >= 15 is 0 Å². The summed E-state index contributed by atoms with van der Waals surface area (Å²) in [6.07, 6.45) is 6.00. The minimum atomic E-state index is -0.650. The van der Waals surface area contributed by atoms with Crippen LogP contribution in [0, 0.1) is 11.6 Å². The number of hydrogen-bond donors (Lipinski definition) is 1. The van der Waals surface area contributed by atoms with Gasteiger partial charge in [-0.2, -0.15) is 5.10 Å². The molecule has 1 N–H and O–H groups in total. The Kier molecular flexibility index (Phi) is 3.22. The third-order valence-corrected chi connectivity index (χ3v) is 5.00. The average molecular weight is 351 g/mol. The van der Waals surface area contributed by atoms with E-state index in [2.05, 4.69) is 10.4 Å². The molecule has 5 rings (SSSR count). The van der Waals surface area contributed by atoms with E-state index in [4.69, 9.17) is 0 Å². The monoisotopic (exact) mass is 351 g/mol. The van der Waals surface area contributed by atoms with Gasteiger partial charge in [0.25, 0.3) is 5.91 Å². The number of nitrogens with zero attached hydrogens (tertiary/aromatic N) is 2. The molecule has 130 valence electrons. The van der Waals surface area contributed by atoms with Crippen LogP contribution in [0.2, 0.25) is 0 Å². The first-order chi connectivity index (χ1) is 12.6. The van der Waals surface area contributed by atoms with Gasteiger partial charge in [-0.1, -0.05) is 0 Å². The maximum absolute atomic E-state index is 14.3. The van der Waals surface area contributed by atoms with E-state index in [1.807, 2.05) is 16.9 Å². The molecule has 0 unspecified atom stereocenters. The summed E-state index contributed by atoms with van der Waals surface area (Å²) in [4.78, 5) is 12.2. The molecule has 2 aliphatic rings. The number of carbonyl (C=O) groups is 1. The van der Waals surface area contributed by atoms with Crippen molar-refractivity contribution in [2.45, 2.75) is 25.4 Å². The highest BCUT2D eigenvalue weighted by molar-refractivity contribution is 6.02. The summed E-state index contributed by atoms with van der Waals surface area (Å²) >= 11 is 0. The molecule has 2 heterocycles. The fourth-order valence-corrected chi connectivity index (χ4v) is 3.48. The van der Waals surface area contributed by atoms with Gasteiger partial charge >= 0.3 is 0 Å². The molecule has 0 radical (unpaired) electrons. The summed E-state index contributed by atoms with van der Waals surface area (Å²) in [5.74, 6) is -1.46. The first-order valence-corrected chi connectivity index (χ1v) is 8.55. The molecule has 3 aromatic rings. The van der Waals surface area contributed by atoms with Gasteiger partial charge in [-0.25, -0.2) is 8.78 Å². The van der Waals surface area contributed by atoms with Crippen molar-refractivity contribution in [1.82, 2.24) is 15.1 Å². The van der Waals surface area contributed by atoms with Crippen molar-refractivity contribution >= 4 is 5.91 Å². The highest BCUT2D eigenvalue weighted by atomic mass is 19.1. The van der Waals surface area contributed by atoms with Crippen molar-refractivity contribution in [3.05, 3.63) is 65.5 Å². The first kappa shape index (κ1) is 15.3. The summed E-state index contributed by atoms with van der Waals surface area (Å²) in [5.41, 5.74) is 3.98. The van der Waals surface area contributed by atoms with E-state index in [9.17, 15) is 13.6 Å². The highest BCUT2D eigenvalue weighted by Crippen LogP contribution is 2.38. The SMILES string of the molecule is O=C1NCc2c1cc(-c1ccc(F)cc1F)cc2-c1cnn(C2CC2)c1. The number of halogens is 2. The molecule has 0 bridgehead atoms. The molecule has 1 aromatic heterocycles. The van der Waals surface area contributed by atoms with E-state index in [0.29, 0.717) is 23.7 Å². The van der Waals surface area contributed by atoms with Crippen molar-refractivity contribution in [3.8, 4) is 22.3 Å². The van der Waals surface area contributed by atoms with Crippen molar-refractivity contribution < 1.29 is 13.6 Å². The van der Waals surface area contributed by atoms with E-state index in [0.717, 1.165) is 35.6 Å². The lowest BCUT2D eigenvalue weighted by Crippen LogP contribution is -2.12. The number of nitrogens with one attached hydrogen (secondary N) is 1. The standard InChI is InChI=1S/C20H15F2N3O/c21-13-1-4-15(19(22)7-13)11-5-16(18-9-23-20(26)17(18)6-11)12-8-24-25(10-12)14-2-3-14/h1,4-8,10,14H,2-3,9H2,(H,23,26). The number of hydrogen-bond acceptors (Lipinski definition) is 2. The summed E-state index contributed by atoms with van der Waals surface area (Å²) in [7, 11) is 0. The number of aromatic nitrogens is 2. The Morgan fingerprint density at radius 2 is 1.85 bits per heavy atom. The van der Waals surface area contributed by atoms with Crippen LogP contribution in [0.15, 0.2) is 42.7 Å². The Labute approximate surface area is 148 Å². The lowest BCUT2D eigenvalue weighted by atomic mass is 9.93. The maximum atomic E-state index is 14.3. The highest BCUT2D eigenvalue weighted by Gasteiger charge is 2.27. The summed E-state index contributed by atoms with van der Waals surface area (Å²) in [6, 6.07) is 7.45. The molecular formula is C20H15F2N3O. The molecule has 1 amide bonds. The number of carbonyl (C=O) groups excluding carboxylic acids is 1. The molecule has 0 atom stereocenters. The summed E-state index contributed by atoms with van der Waals surface area (Å²) in [5, 5.41) is 7.24. The van der Waals surface area contributed by atoms with Crippen LogP contribution in [0.1, 0.15) is 34.8 Å². The fourth-order valence-electron chi connectivity index (χ4n) is 3.48. The van der Waals surface area contributed by atoms with Gasteiger partial charge in [0.05, 0.1) is 12.2 Å². The zero-order valence-corrected chi connectivity index (χ0v) is 13.8. The van der Waals surface area contributed by atoms with Crippen LogP contribution < -0.4 is 5.32 Å². The quantitative estimate of drug-likeness (QED) is 0.773. The van der Waals surface area contributed by atoms with Gasteiger partial charge in [-0.3, -0.25) is 9.48 Å². The second-order valence-corrected chi connectivity index (χ2v) is 6.80. The zero-order valence-electron chi connectivity index (χ0n) is 13.8. The van der Waals surface area contributed by atoms with Crippen LogP contribution in [0.5, 0.6) is 0 Å². The Hall–Kier alpha value is -3.02. The van der Waals surface area contributed by atoms with E-state index in [1.165, 1.54) is 12.1 Å². The van der Waals surface area contributed by atoms with Gasteiger partial charge in [0.15, 0.2) is 0 Å².